The van der Waals surface area contributed by atoms with E-state index in [1.165, 1.54) is 0 Å². The van der Waals surface area contributed by atoms with Crippen LogP contribution in [0, 0.1) is 0 Å². The maximum Gasteiger partial charge on any atom is 0.251 e. The van der Waals surface area contributed by atoms with Crippen molar-refractivity contribution >= 4 is 0 Å². The van der Waals surface area contributed by atoms with Crippen LogP contribution in [-0.4, -0.2) is 10.6 Å². The largest absolute Gasteiger partial charge is 0.328 e. The summed E-state index contributed by atoms with van der Waals surface area (Å²) in [5.74, 6) is 0. The number of nitrogens with zero attached hydrogens (tertiary/aromatic N) is 1. The predicted octanol–water partition coefficient (Wildman–Crippen LogP) is 1.32. The molecule has 0 amide bonds. The summed E-state index contributed by atoms with van der Waals surface area (Å²) in [6.07, 6.45) is 2.60. The molecule has 3 nitrogen and oxygen atoms in total. The van der Waals surface area contributed by atoms with E-state index in [-0.39, 0.29) is 17.6 Å². The van der Waals surface area contributed by atoms with Gasteiger partial charge < -0.3 is 10.3 Å². The van der Waals surface area contributed by atoms with Gasteiger partial charge in [0.2, 0.25) is 0 Å². The van der Waals surface area contributed by atoms with Crippen LogP contribution in [0.25, 0.3) is 0 Å². The van der Waals surface area contributed by atoms with Crippen LogP contribution < -0.4 is 11.3 Å². The Morgan fingerprint density at radius 1 is 1.43 bits per heavy atom. The van der Waals surface area contributed by atoms with Crippen molar-refractivity contribution in [2.24, 2.45) is 5.73 Å². The van der Waals surface area contributed by atoms with Crippen LogP contribution in [0.15, 0.2) is 23.1 Å². The summed E-state index contributed by atoms with van der Waals surface area (Å²) in [4.78, 5) is 11.6. The number of hydrogen-bond acceptors (Lipinski definition) is 2. The molecule has 1 rings (SSSR count). The van der Waals surface area contributed by atoms with Gasteiger partial charge in [-0.1, -0.05) is 0 Å². The van der Waals surface area contributed by atoms with Crippen LogP contribution in [0.4, 0.5) is 0 Å². The van der Waals surface area contributed by atoms with Gasteiger partial charge in [-0.15, -0.1) is 0 Å². The van der Waals surface area contributed by atoms with Crippen LogP contribution in [-0.2, 0) is 6.42 Å². The van der Waals surface area contributed by atoms with E-state index >= 15 is 0 Å². The van der Waals surface area contributed by atoms with E-state index in [1.54, 1.807) is 10.6 Å². The summed E-state index contributed by atoms with van der Waals surface area (Å²) >= 11 is 0. The van der Waals surface area contributed by atoms with Crippen LogP contribution in [0.2, 0.25) is 0 Å². The molecule has 1 atom stereocenters. The Balaban J connectivity index is 2.95. The van der Waals surface area contributed by atoms with E-state index in [4.69, 9.17) is 5.73 Å². The zero-order valence-corrected chi connectivity index (χ0v) is 9.03. The van der Waals surface area contributed by atoms with Crippen molar-refractivity contribution in [3.05, 3.63) is 34.2 Å². The second-order valence-corrected chi connectivity index (χ2v) is 4.06. The lowest BCUT2D eigenvalue weighted by molar-refractivity contribution is 0.575. The van der Waals surface area contributed by atoms with Crippen LogP contribution in [0.1, 0.15) is 32.4 Å². The standard InChI is InChI=1S/C11H18N2O/c1-8(2)13-5-4-10(6-9(3)12)7-11(13)14/h4-5,7-9H,6,12H2,1-3H3. The van der Waals surface area contributed by atoms with E-state index < -0.39 is 0 Å². The normalized spacial score (nSPS) is 13.2. The molecule has 0 saturated carbocycles. The zero-order valence-electron chi connectivity index (χ0n) is 9.03. The highest BCUT2D eigenvalue weighted by Crippen LogP contribution is 2.03. The molecule has 78 valence electrons. The highest BCUT2D eigenvalue weighted by Gasteiger charge is 2.03. The molecule has 0 spiro atoms. The van der Waals surface area contributed by atoms with Gasteiger partial charge in [-0.3, -0.25) is 4.79 Å². The number of rotatable bonds is 3. The molecule has 0 saturated heterocycles. The molecule has 0 aliphatic heterocycles. The van der Waals surface area contributed by atoms with Crippen molar-refractivity contribution in [2.45, 2.75) is 39.3 Å². The van der Waals surface area contributed by atoms with Gasteiger partial charge in [0.25, 0.3) is 5.56 Å². The monoisotopic (exact) mass is 194 g/mol. The molecular weight excluding hydrogens is 176 g/mol. The first-order chi connectivity index (χ1) is 6.50. The van der Waals surface area contributed by atoms with Crippen molar-refractivity contribution in [3.8, 4) is 0 Å². The Labute approximate surface area is 84.6 Å². The Bertz CT molecular complexity index is 353. The molecule has 2 N–H and O–H groups in total. The third kappa shape index (κ3) is 2.70. The van der Waals surface area contributed by atoms with E-state index in [0.717, 1.165) is 12.0 Å². The van der Waals surface area contributed by atoms with Crippen molar-refractivity contribution in [3.63, 3.8) is 0 Å². The third-order valence-electron chi connectivity index (χ3n) is 2.13. The highest BCUT2D eigenvalue weighted by molar-refractivity contribution is 5.12. The third-order valence-corrected chi connectivity index (χ3v) is 2.13. The van der Waals surface area contributed by atoms with Gasteiger partial charge in [-0.25, -0.2) is 0 Å². The lowest BCUT2D eigenvalue weighted by Crippen LogP contribution is -2.23. The minimum Gasteiger partial charge on any atom is -0.328 e. The van der Waals surface area contributed by atoms with Crippen molar-refractivity contribution in [1.29, 1.82) is 0 Å². The molecule has 14 heavy (non-hydrogen) atoms. The summed E-state index contributed by atoms with van der Waals surface area (Å²) < 4.78 is 1.71. The van der Waals surface area contributed by atoms with Crippen LogP contribution in [0.3, 0.4) is 0 Å². The van der Waals surface area contributed by atoms with Crippen molar-refractivity contribution < 1.29 is 0 Å². The molecule has 3 heteroatoms. The second-order valence-electron chi connectivity index (χ2n) is 4.06. The smallest absolute Gasteiger partial charge is 0.251 e. The topological polar surface area (TPSA) is 48.0 Å². The average molecular weight is 194 g/mol. The average Bonchev–Trinajstić information content (AvgIpc) is 2.01. The molecule has 1 heterocycles. The number of hydrogen-bond donors (Lipinski definition) is 1. The molecule has 0 bridgehead atoms. The number of nitrogens with two attached hydrogens (primary N) is 1. The predicted molar refractivity (Wildman–Crippen MR) is 58.4 cm³/mol. The lowest BCUT2D eigenvalue weighted by Gasteiger charge is -2.11. The Kier molecular flexibility index (Phi) is 3.47. The van der Waals surface area contributed by atoms with Crippen LogP contribution >= 0.6 is 0 Å². The van der Waals surface area contributed by atoms with Gasteiger partial charge in [0.1, 0.15) is 0 Å². The lowest BCUT2D eigenvalue weighted by atomic mass is 10.1. The second kappa shape index (κ2) is 4.42. The molecule has 1 unspecified atom stereocenters. The molecule has 0 aromatic carbocycles. The van der Waals surface area contributed by atoms with Crippen molar-refractivity contribution in [2.75, 3.05) is 0 Å². The first kappa shape index (κ1) is 11.0. The summed E-state index contributed by atoms with van der Waals surface area (Å²) in [5.41, 5.74) is 6.73. The fourth-order valence-electron chi connectivity index (χ4n) is 1.46. The Morgan fingerprint density at radius 2 is 2.07 bits per heavy atom. The maximum atomic E-state index is 11.6. The van der Waals surface area contributed by atoms with Gasteiger partial charge in [-0.2, -0.15) is 0 Å². The van der Waals surface area contributed by atoms with Gasteiger partial charge in [0.05, 0.1) is 0 Å². The van der Waals surface area contributed by atoms with Crippen molar-refractivity contribution in [1.82, 2.24) is 4.57 Å². The van der Waals surface area contributed by atoms with Crippen LogP contribution in [0.5, 0.6) is 0 Å². The molecule has 0 aliphatic carbocycles. The number of pyridine rings is 1. The summed E-state index contributed by atoms with van der Waals surface area (Å²) in [6.45, 7) is 5.92. The number of aromatic nitrogens is 1. The van der Waals surface area contributed by atoms with E-state index in [1.807, 2.05) is 33.0 Å². The summed E-state index contributed by atoms with van der Waals surface area (Å²) in [7, 11) is 0. The van der Waals surface area contributed by atoms with Gasteiger partial charge >= 0.3 is 0 Å². The van der Waals surface area contributed by atoms with E-state index in [0.29, 0.717) is 0 Å². The fraction of sp³-hybridized carbons (Fsp3) is 0.545. The zero-order chi connectivity index (χ0) is 10.7. The van der Waals surface area contributed by atoms with Gasteiger partial charge in [-0.05, 0) is 38.8 Å². The summed E-state index contributed by atoms with van der Waals surface area (Å²) in [6, 6.07) is 3.95. The minimum atomic E-state index is 0.0538. The fourth-order valence-corrected chi connectivity index (χ4v) is 1.46. The molecular formula is C11H18N2O. The SMILES string of the molecule is CC(N)Cc1ccn(C(C)C)c(=O)c1. The molecule has 1 aromatic heterocycles. The molecule has 0 radical (unpaired) electrons. The molecule has 1 aromatic rings. The molecule has 0 fully saturated rings. The Morgan fingerprint density at radius 3 is 2.50 bits per heavy atom. The quantitative estimate of drug-likeness (QED) is 0.789. The molecule has 0 aliphatic rings. The maximum absolute atomic E-state index is 11.6. The summed E-state index contributed by atoms with van der Waals surface area (Å²) in [5, 5.41) is 0. The van der Waals surface area contributed by atoms with Gasteiger partial charge in [0, 0.05) is 24.3 Å². The highest BCUT2D eigenvalue weighted by atomic mass is 16.1. The first-order valence-electron chi connectivity index (χ1n) is 4.97. The minimum absolute atomic E-state index is 0.0538. The first-order valence-corrected chi connectivity index (χ1v) is 4.97. The van der Waals surface area contributed by atoms with Gasteiger partial charge in [0.15, 0.2) is 0 Å². The Hall–Kier alpha value is -1.09. The van der Waals surface area contributed by atoms with E-state index in [2.05, 4.69) is 0 Å². The van der Waals surface area contributed by atoms with E-state index in [9.17, 15) is 4.79 Å².